The van der Waals surface area contributed by atoms with Crippen LogP contribution in [0, 0.1) is 0 Å². The van der Waals surface area contributed by atoms with Crippen molar-refractivity contribution in [2.45, 2.75) is 32.2 Å². The van der Waals surface area contributed by atoms with Crippen LogP contribution in [0.3, 0.4) is 0 Å². The maximum absolute atomic E-state index is 13.1. The summed E-state index contributed by atoms with van der Waals surface area (Å²) in [5.74, 6) is 0.0437. The molecule has 2 saturated heterocycles. The van der Waals surface area contributed by atoms with E-state index in [1.165, 1.54) is 4.31 Å². The number of aromatic nitrogens is 1. The van der Waals surface area contributed by atoms with Gasteiger partial charge in [0.05, 0.1) is 11.3 Å². The Kier molecular flexibility index (Phi) is 6.18. The standard InChI is InChI=1S/C21H27ClN4O3S/c1-2-14-30(28,29)26-9-3-4-20(26)21(27)25-12-10-24(11-13-25)19-7-8-23-18-15-16(22)5-6-17(18)19/h5-8,15,20H,2-4,9-14H2,1H3/t20-/m1/s1. The molecule has 1 aromatic carbocycles. The lowest BCUT2D eigenvalue weighted by Gasteiger charge is -2.38. The van der Waals surface area contributed by atoms with E-state index in [2.05, 4.69) is 9.88 Å². The van der Waals surface area contributed by atoms with Gasteiger partial charge in [-0.15, -0.1) is 0 Å². The van der Waals surface area contributed by atoms with Gasteiger partial charge in [0.2, 0.25) is 15.9 Å². The molecule has 0 saturated carbocycles. The fourth-order valence-corrected chi connectivity index (χ4v) is 6.36. The predicted molar refractivity (Wildman–Crippen MR) is 119 cm³/mol. The molecule has 0 unspecified atom stereocenters. The molecule has 3 heterocycles. The molecule has 0 radical (unpaired) electrons. The minimum absolute atomic E-state index is 0.0572. The van der Waals surface area contributed by atoms with Gasteiger partial charge in [-0.05, 0) is 43.5 Å². The lowest BCUT2D eigenvalue weighted by atomic mass is 10.1. The van der Waals surface area contributed by atoms with Gasteiger partial charge < -0.3 is 9.80 Å². The molecule has 0 bridgehead atoms. The van der Waals surface area contributed by atoms with E-state index in [0.717, 1.165) is 23.0 Å². The number of anilines is 1. The van der Waals surface area contributed by atoms with Crippen molar-refractivity contribution in [3.8, 4) is 0 Å². The molecule has 1 aromatic heterocycles. The molecule has 2 aliphatic heterocycles. The molecule has 2 aliphatic rings. The molecule has 2 aromatic rings. The first kappa shape index (κ1) is 21.3. The van der Waals surface area contributed by atoms with Crippen LogP contribution in [0.25, 0.3) is 10.9 Å². The van der Waals surface area contributed by atoms with Gasteiger partial charge >= 0.3 is 0 Å². The van der Waals surface area contributed by atoms with Crippen LogP contribution in [-0.4, -0.2) is 73.0 Å². The van der Waals surface area contributed by atoms with E-state index >= 15 is 0 Å². The van der Waals surface area contributed by atoms with Crippen LogP contribution in [0.4, 0.5) is 5.69 Å². The molecule has 2 fully saturated rings. The highest BCUT2D eigenvalue weighted by Gasteiger charge is 2.40. The second-order valence-corrected chi connectivity index (χ2v) is 10.4. The zero-order valence-corrected chi connectivity index (χ0v) is 18.7. The van der Waals surface area contributed by atoms with Crippen LogP contribution >= 0.6 is 11.6 Å². The van der Waals surface area contributed by atoms with E-state index in [4.69, 9.17) is 11.6 Å². The summed E-state index contributed by atoms with van der Waals surface area (Å²) >= 11 is 6.09. The molecule has 0 spiro atoms. The monoisotopic (exact) mass is 450 g/mol. The van der Waals surface area contributed by atoms with E-state index in [1.54, 1.807) is 6.20 Å². The normalized spacial score (nSPS) is 20.8. The first-order chi connectivity index (χ1) is 14.4. The number of sulfonamides is 1. The molecule has 30 heavy (non-hydrogen) atoms. The third-order valence-corrected chi connectivity index (χ3v) is 8.23. The summed E-state index contributed by atoms with van der Waals surface area (Å²) in [6.45, 7) is 4.84. The van der Waals surface area contributed by atoms with Crippen molar-refractivity contribution in [1.29, 1.82) is 0 Å². The predicted octanol–water partition coefficient (Wildman–Crippen LogP) is 2.74. The van der Waals surface area contributed by atoms with E-state index in [0.29, 0.717) is 50.6 Å². The lowest BCUT2D eigenvalue weighted by Crippen LogP contribution is -2.54. The third kappa shape index (κ3) is 4.13. The van der Waals surface area contributed by atoms with Gasteiger partial charge in [-0.25, -0.2) is 8.42 Å². The average Bonchev–Trinajstić information content (AvgIpc) is 3.24. The van der Waals surface area contributed by atoms with E-state index in [-0.39, 0.29) is 11.7 Å². The number of fused-ring (bicyclic) bond motifs is 1. The summed E-state index contributed by atoms with van der Waals surface area (Å²) in [5.41, 5.74) is 1.93. The Morgan fingerprint density at radius 2 is 1.93 bits per heavy atom. The van der Waals surface area contributed by atoms with Gasteiger partial charge in [0, 0.05) is 55.0 Å². The summed E-state index contributed by atoms with van der Waals surface area (Å²) in [6, 6.07) is 7.14. The number of hydrogen-bond donors (Lipinski definition) is 0. The van der Waals surface area contributed by atoms with Gasteiger partial charge in [0.15, 0.2) is 0 Å². The number of hydrogen-bond acceptors (Lipinski definition) is 5. The zero-order chi connectivity index (χ0) is 21.3. The van der Waals surface area contributed by atoms with Crippen LogP contribution < -0.4 is 4.90 Å². The number of piperazine rings is 1. The van der Waals surface area contributed by atoms with Gasteiger partial charge in [-0.3, -0.25) is 9.78 Å². The fraction of sp³-hybridized carbons (Fsp3) is 0.524. The summed E-state index contributed by atoms with van der Waals surface area (Å²) in [7, 11) is -3.37. The Bertz CT molecular complexity index is 1040. The summed E-state index contributed by atoms with van der Waals surface area (Å²) < 4.78 is 26.5. The SMILES string of the molecule is CCCS(=O)(=O)N1CCC[C@@H]1C(=O)N1CCN(c2ccnc3cc(Cl)ccc23)CC1. The highest BCUT2D eigenvalue weighted by Crippen LogP contribution is 2.29. The zero-order valence-electron chi connectivity index (χ0n) is 17.1. The molecule has 1 amide bonds. The second-order valence-electron chi connectivity index (χ2n) is 7.89. The minimum atomic E-state index is -3.37. The first-order valence-electron chi connectivity index (χ1n) is 10.5. The Hall–Kier alpha value is -1.90. The van der Waals surface area contributed by atoms with Crippen molar-refractivity contribution in [3.63, 3.8) is 0 Å². The summed E-state index contributed by atoms with van der Waals surface area (Å²) in [5, 5.41) is 1.69. The summed E-state index contributed by atoms with van der Waals surface area (Å²) in [4.78, 5) is 21.6. The van der Waals surface area contributed by atoms with Crippen molar-refractivity contribution in [2.75, 3.05) is 43.4 Å². The number of rotatable bonds is 5. The molecule has 9 heteroatoms. The van der Waals surface area contributed by atoms with Gasteiger partial charge in [-0.1, -0.05) is 18.5 Å². The van der Waals surface area contributed by atoms with Crippen molar-refractivity contribution in [2.24, 2.45) is 0 Å². The highest BCUT2D eigenvalue weighted by molar-refractivity contribution is 7.89. The van der Waals surface area contributed by atoms with E-state index < -0.39 is 16.1 Å². The van der Waals surface area contributed by atoms with Crippen LogP contribution in [0.2, 0.25) is 5.02 Å². The van der Waals surface area contributed by atoms with Gasteiger partial charge in [0.1, 0.15) is 6.04 Å². The number of halogens is 1. The van der Waals surface area contributed by atoms with Gasteiger partial charge in [0.25, 0.3) is 0 Å². The molecule has 0 N–H and O–H groups in total. The highest BCUT2D eigenvalue weighted by atomic mass is 35.5. The molecule has 0 aliphatic carbocycles. The number of amides is 1. The first-order valence-corrected chi connectivity index (χ1v) is 12.5. The van der Waals surface area contributed by atoms with Crippen molar-refractivity contribution >= 4 is 44.1 Å². The number of pyridine rings is 1. The van der Waals surface area contributed by atoms with Crippen molar-refractivity contribution in [1.82, 2.24) is 14.2 Å². The number of benzene rings is 1. The Labute approximate surface area is 182 Å². The van der Waals surface area contributed by atoms with Crippen LogP contribution in [0.1, 0.15) is 26.2 Å². The quantitative estimate of drug-likeness (QED) is 0.700. The maximum Gasteiger partial charge on any atom is 0.241 e. The van der Waals surface area contributed by atoms with Gasteiger partial charge in [-0.2, -0.15) is 4.31 Å². The summed E-state index contributed by atoms with van der Waals surface area (Å²) in [6.07, 6.45) is 3.69. The third-order valence-electron chi connectivity index (χ3n) is 5.92. The van der Waals surface area contributed by atoms with Crippen LogP contribution in [0.5, 0.6) is 0 Å². The molecular formula is C21H27ClN4O3S. The molecule has 1 atom stereocenters. The molecule has 7 nitrogen and oxygen atoms in total. The van der Waals surface area contributed by atoms with Crippen molar-refractivity contribution < 1.29 is 13.2 Å². The maximum atomic E-state index is 13.1. The van der Waals surface area contributed by atoms with Crippen molar-refractivity contribution in [3.05, 3.63) is 35.5 Å². The van der Waals surface area contributed by atoms with E-state index in [1.807, 2.05) is 36.1 Å². The molecule has 4 rings (SSSR count). The fourth-order valence-electron chi connectivity index (χ4n) is 4.46. The molecular weight excluding hydrogens is 424 g/mol. The Balaban J connectivity index is 1.45. The number of carbonyl (C=O) groups excluding carboxylic acids is 1. The Morgan fingerprint density at radius 3 is 2.67 bits per heavy atom. The average molecular weight is 451 g/mol. The number of nitrogens with zero attached hydrogens (tertiary/aromatic N) is 4. The van der Waals surface area contributed by atoms with E-state index in [9.17, 15) is 13.2 Å². The second kappa shape index (κ2) is 8.69. The van der Waals surface area contributed by atoms with Crippen LogP contribution in [-0.2, 0) is 14.8 Å². The molecule has 162 valence electrons. The number of carbonyl (C=O) groups is 1. The lowest BCUT2D eigenvalue weighted by molar-refractivity contribution is -0.134. The minimum Gasteiger partial charge on any atom is -0.367 e. The van der Waals surface area contributed by atoms with Crippen LogP contribution in [0.15, 0.2) is 30.5 Å². The smallest absolute Gasteiger partial charge is 0.241 e. The largest absolute Gasteiger partial charge is 0.367 e. The topological polar surface area (TPSA) is 73.8 Å². The Morgan fingerprint density at radius 1 is 1.17 bits per heavy atom.